The van der Waals surface area contributed by atoms with E-state index in [0.717, 1.165) is 12.3 Å². The molecule has 118 valence electrons. The summed E-state index contributed by atoms with van der Waals surface area (Å²) in [6.45, 7) is 11.9. The van der Waals surface area contributed by atoms with Gasteiger partial charge in [0.25, 0.3) is 0 Å². The van der Waals surface area contributed by atoms with Crippen molar-refractivity contribution in [3.05, 3.63) is 29.8 Å². The van der Waals surface area contributed by atoms with Crippen molar-refractivity contribution in [3.63, 3.8) is 0 Å². The lowest BCUT2D eigenvalue weighted by atomic mass is 10.1. The predicted octanol–water partition coefficient (Wildman–Crippen LogP) is 4.62. The van der Waals surface area contributed by atoms with Crippen LogP contribution in [0.5, 0.6) is 0 Å². The molecule has 1 saturated heterocycles. The molecule has 21 heavy (non-hydrogen) atoms. The highest BCUT2D eigenvalue weighted by molar-refractivity contribution is 7.99. The second-order valence-electron chi connectivity index (χ2n) is 7.60. The van der Waals surface area contributed by atoms with Crippen LogP contribution in [-0.4, -0.2) is 23.0 Å². The molecular formula is C18H29NOS. The summed E-state index contributed by atoms with van der Waals surface area (Å²) < 4.78 is 6.06. The fourth-order valence-electron chi connectivity index (χ4n) is 2.50. The van der Waals surface area contributed by atoms with Gasteiger partial charge in [-0.25, -0.2) is 0 Å². The lowest BCUT2D eigenvalue weighted by Gasteiger charge is -2.21. The average Bonchev–Trinajstić information content (AvgIpc) is 2.73. The Hall–Kier alpha value is -0.510. The third kappa shape index (κ3) is 6.01. The number of thioether (sulfide) groups is 1. The first-order valence-corrected chi connectivity index (χ1v) is 8.87. The predicted molar refractivity (Wildman–Crippen MR) is 91.9 cm³/mol. The molecule has 1 aliphatic heterocycles. The van der Waals surface area contributed by atoms with Crippen LogP contribution in [0.4, 0.5) is 0 Å². The van der Waals surface area contributed by atoms with E-state index in [1.54, 1.807) is 0 Å². The third-order valence-electron chi connectivity index (χ3n) is 3.71. The molecule has 0 bridgehead atoms. The number of ether oxygens (including phenoxy) is 1. The Kier molecular flexibility index (Phi) is 5.39. The van der Waals surface area contributed by atoms with Crippen LogP contribution in [0, 0.1) is 0 Å². The van der Waals surface area contributed by atoms with Gasteiger partial charge in [-0.3, -0.25) is 0 Å². The molecule has 1 fully saturated rings. The van der Waals surface area contributed by atoms with Crippen molar-refractivity contribution in [3.8, 4) is 0 Å². The normalized spacial score (nSPS) is 21.7. The highest BCUT2D eigenvalue weighted by Crippen LogP contribution is 2.32. The van der Waals surface area contributed by atoms with Crippen LogP contribution in [0.2, 0.25) is 0 Å². The summed E-state index contributed by atoms with van der Waals surface area (Å²) in [7, 11) is 0. The van der Waals surface area contributed by atoms with Gasteiger partial charge >= 0.3 is 0 Å². The minimum atomic E-state index is 0.0731. The molecule has 1 atom stereocenters. The number of nitrogens with one attached hydrogen (secondary N) is 1. The highest BCUT2D eigenvalue weighted by atomic mass is 32.2. The van der Waals surface area contributed by atoms with E-state index in [9.17, 15) is 0 Å². The maximum absolute atomic E-state index is 6.06. The first kappa shape index (κ1) is 16.9. The number of hydrogen-bond acceptors (Lipinski definition) is 3. The fourth-order valence-corrected chi connectivity index (χ4v) is 3.52. The van der Waals surface area contributed by atoms with Gasteiger partial charge < -0.3 is 10.1 Å². The summed E-state index contributed by atoms with van der Waals surface area (Å²) in [6, 6.07) is 8.84. The van der Waals surface area contributed by atoms with E-state index in [0.29, 0.717) is 6.10 Å². The van der Waals surface area contributed by atoms with Gasteiger partial charge in [-0.15, -0.1) is 11.8 Å². The van der Waals surface area contributed by atoms with Gasteiger partial charge in [-0.1, -0.05) is 12.1 Å². The standard InChI is InChI=1S/C18H29NOS/c1-17(2,3)19-12-14-7-6-8-16(11-14)21-13-15-9-10-18(4,5)20-15/h6-8,11,15,19H,9-10,12-13H2,1-5H3. The summed E-state index contributed by atoms with van der Waals surface area (Å²) in [5.74, 6) is 1.06. The van der Waals surface area contributed by atoms with Gasteiger partial charge in [0, 0.05) is 22.7 Å². The summed E-state index contributed by atoms with van der Waals surface area (Å²) in [6.07, 6.45) is 2.76. The molecule has 0 aliphatic carbocycles. The summed E-state index contributed by atoms with van der Waals surface area (Å²) in [5.41, 5.74) is 1.58. The Morgan fingerprint density at radius 1 is 1.33 bits per heavy atom. The van der Waals surface area contributed by atoms with Crippen LogP contribution >= 0.6 is 11.8 Å². The fraction of sp³-hybridized carbons (Fsp3) is 0.667. The van der Waals surface area contributed by atoms with Gasteiger partial charge in [-0.2, -0.15) is 0 Å². The molecule has 2 rings (SSSR count). The second-order valence-corrected chi connectivity index (χ2v) is 8.69. The van der Waals surface area contributed by atoms with Crippen LogP contribution in [0.25, 0.3) is 0 Å². The van der Waals surface area contributed by atoms with Gasteiger partial charge in [-0.05, 0) is 65.2 Å². The van der Waals surface area contributed by atoms with Crippen LogP contribution in [0.3, 0.4) is 0 Å². The van der Waals surface area contributed by atoms with Crippen LogP contribution in [-0.2, 0) is 11.3 Å². The molecule has 0 aromatic heterocycles. The van der Waals surface area contributed by atoms with E-state index in [1.165, 1.54) is 23.3 Å². The molecular weight excluding hydrogens is 278 g/mol. The van der Waals surface area contributed by atoms with Gasteiger partial charge in [0.1, 0.15) is 0 Å². The smallest absolute Gasteiger partial charge is 0.0677 e. The van der Waals surface area contributed by atoms with E-state index in [4.69, 9.17) is 4.74 Å². The van der Waals surface area contributed by atoms with Crippen LogP contribution < -0.4 is 5.32 Å². The lowest BCUT2D eigenvalue weighted by molar-refractivity contribution is -0.00466. The molecule has 1 aromatic carbocycles. The van der Waals surface area contributed by atoms with Crippen molar-refractivity contribution in [1.82, 2.24) is 5.32 Å². The molecule has 1 unspecified atom stereocenters. The molecule has 1 heterocycles. The zero-order valence-electron chi connectivity index (χ0n) is 14.0. The molecule has 2 nitrogen and oxygen atoms in total. The van der Waals surface area contributed by atoms with Gasteiger partial charge in [0.2, 0.25) is 0 Å². The zero-order chi connectivity index (χ0) is 15.5. The molecule has 0 spiro atoms. The topological polar surface area (TPSA) is 21.3 Å². The monoisotopic (exact) mass is 307 g/mol. The maximum atomic E-state index is 6.06. The Morgan fingerprint density at radius 3 is 2.71 bits per heavy atom. The molecule has 1 aliphatic rings. The van der Waals surface area contributed by atoms with E-state index < -0.39 is 0 Å². The van der Waals surface area contributed by atoms with Crippen molar-refractivity contribution < 1.29 is 4.74 Å². The van der Waals surface area contributed by atoms with E-state index in [1.807, 2.05) is 11.8 Å². The molecule has 0 amide bonds. The Morgan fingerprint density at radius 2 is 2.10 bits per heavy atom. The number of benzene rings is 1. The molecule has 0 saturated carbocycles. The third-order valence-corrected chi connectivity index (χ3v) is 4.84. The van der Waals surface area contributed by atoms with Crippen molar-refractivity contribution in [2.24, 2.45) is 0 Å². The van der Waals surface area contributed by atoms with Crippen molar-refractivity contribution in [2.45, 2.75) is 76.1 Å². The van der Waals surface area contributed by atoms with Crippen molar-refractivity contribution in [1.29, 1.82) is 0 Å². The van der Waals surface area contributed by atoms with Crippen LogP contribution in [0.1, 0.15) is 53.0 Å². The van der Waals surface area contributed by atoms with Crippen molar-refractivity contribution in [2.75, 3.05) is 5.75 Å². The number of hydrogen-bond donors (Lipinski definition) is 1. The molecule has 1 aromatic rings. The SMILES string of the molecule is CC(C)(C)NCc1cccc(SCC2CCC(C)(C)O2)c1. The van der Waals surface area contributed by atoms with E-state index in [2.05, 4.69) is 64.2 Å². The first-order chi connectivity index (χ1) is 9.73. The second kappa shape index (κ2) is 6.72. The number of rotatable bonds is 5. The molecule has 0 radical (unpaired) electrons. The molecule has 3 heteroatoms. The quantitative estimate of drug-likeness (QED) is 0.802. The Bertz CT molecular complexity index is 465. The first-order valence-electron chi connectivity index (χ1n) is 7.88. The zero-order valence-corrected chi connectivity index (χ0v) is 14.8. The largest absolute Gasteiger partial charge is 0.371 e. The minimum absolute atomic E-state index is 0.0731. The Balaban J connectivity index is 1.84. The molecule has 1 N–H and O–H groups in total. The van der Waals surface area contributed by atoms with E-state index in [-0.39, 0.29) is 11.1 Å². The summed E-state index contributed by atoms with van der Waals surface area (Å²) >= 11 is 1.91. The van der Waals surface area contributed by atoms with E-state index >= 15 is 0 Å². The Labute approximate surface area is 134 Å². The van der Waals surface area contributed by atoms with Gasteiger partial charge in [0.05, 0.1) is 11.7 Å². The summed E-state index contributed by atoms with van der Waals surface area (Å²) in [5, 5.41) is 3.54. The average molecular weight is 308 g/mol. The maximum Gasteiger partial charge on any atom is 0.0677 e. The minimum Gasteiger partial charge on any atom is -0.371 e. The lowest BCUT2D eigenvalue weighted by Crippen LogP contribution is -2.35. The highest BCUT2D eigenvalue weighted by Gasteiger charge is 2.31. The van der Waals surface area contributed by atoms with Crippen LogP contribution in [0.15, 0.2) is 29.2 Å². The van der Waals surface area contributed by atoms with Crippen molar-refractivity contribution >= 4 is 11.8 Å². The van der Waals surface area contributed by atoms with Gasteiger partial charge in [0.15, 0.2) is 0 Å². The summed E-state index contributed by atoms with van der Waals surface area (Å²) in [4.78, 5) is 1.34.